The molecule has 0 aromatic rings. The van der Waals surface area contributed by atoms with Crippen molar-refractivity contribution < 1.29 is 4.43 Å². The number of rotatable bonds is 3. The van der Waals surface area contributed by atoms with Crippen LogP contribution < -0.4 is 0 Å². The highest BCUT2D eigenvalue weighted by atomic mass is 35.6. The number of halogens is 1. The van der Waals surface area contributed by atoms with Crippen LogP contribution in [0.1, 0.15) is 40.0 Å². The van der Waals surface area contributed by atoms with Crippen LogP contribution in [0.15, 0.2) is 0 Å². The van der Waals surface area contributed by atoms with Gasteiger partial charge in [-0.3, -0.25) is 0 Å². The molecule has 0 aromatic carbocycles. The lowest BCUT2D eigenvalue weighted by atomic mass is 9.75. The molecule has 0 amide bonds. The molecule has 1 aliphatic carbocycles. The van der Waals surface area contributed by atoms with E-state index in [1.807, 2.05) is 0 Å². The molecule has 0 radical (unpaired) electrons. The Morgan fingerprint density at radius 2 is 1.87 bits per heavy atom. The van der Waals surface area contributed by atoms with Crippen LogP contribution >= 0.6 is 11.1 Å². The molecule has 3 unspecified atom stereocenters. The Balaban J connectivity index is 2.62. The largest absolute Gasteiger partial charge is 0.400 e. The summed E-state index contributed by atoms with van der Waals surface area (Å²) >= 11 is 6.30. The van der Waals surface area contributed by atoms with Crippen LogP contribution in [0.2, 0.25) is 13.1 Å². The quantitative estimate of drug-likeness (QED) is 0.531. The van der Waals surface area contributed by atoms with Gasteiger partial charge in [0, 0.05) is 6.10 Å². The van der Waals surface area contributed by atoms with E-state index >= 15 is 0 Å². The summed E-state index contributed by atoms with van der Waals surface area (Å²) in [7, 11) is -1.89. The summed E-state index contributed by atoms with van der Waals surface area (Å²) in [5, 5.41) is 0. The molecule has 1 saturated carbocycles. The van der Waals surface area contributed by atoms with Gasteiger partial charge in [0.2, 0.25) is 0 Å². The smallest absolute Gasteiger partial charge is 0.284 e. The van der Waals surface area contributed by atoms with Gasteiger partial charge in [-0.15, -0.1) is 11.1 Å². The average Bonchev–Trinajstić information content (AvgIpc) is 1.99. The molecular weight excluding hydrogens is 224 g/mol. The second kappa shape index (κ2) is 5.20. The van der Waals surface area contributed by atoms with E-state index in [4.69, 9.17) is 15.5 Å². The zero-order chi connectivity index (χ0) is 11.6. The summed E-state index contributed by atoms with van der Waals surface area (Å²) in [6.45, 7) is 11.1. The van der Waals surface area contributed by atoms with Gasteiger partial charge >= 0.3 is 0 Å². The van der Waals surface area contributed by atoms with Crippen molar-refractivity contribution in [3.8, 4) is 0 Å². The van der Waals surface area contributed by atoms with Crippen LogP contribution in [-0.2, 0) is 4.43 Å². The van der Waals surface area contributed by atoms with E-state index in [2.05, 4.69) is 33.9 Å². The van der Waals surface area contributed by atoms with E-state index in [0.29, 0.717) is 12.0 Å². The van der Waals surface area contributed by atoms with Gasteiger partial charge in [-0.05, 0) is 43.7 Å². The highest BCUT2D eigenvalue weighted by Crippen LogP contribution is 2.37. The van der Waals surface area contributed by atoms with Gasteiger partial charge < -0.3 is 4.43 Å². The third-order valence-corrected chi connectivity index (χ3v) is 4.52. The van der Waals surface area contributed by atoms with E-state index in [9.17, 15) is 0 Å². The van der Waals surface area contributed by atoms with Crippen molar-refractivity contribution in [3.05, 3.63) is 0 Å². The summed E-state index contributed by atoms with van der Waals surface area (Å²) < 4.78 is 6.13. The molecule has 0 spiro atoms. The van der Waals surface area contributed by atoms with Gasteiger partial charge in [0.05, 0.1) is 0 Å². The molecule has 90 valence electrons. The van der Waals surface area contributed by atoms with Crippen molar-refractivity contribution in [2.24, 2.45) is 17.8 Å². The Morgan fingerprint density at radius 3 is 2.33 bits per heavy atom. The molecule has 3 heteroatoms. The van der Waals surface area contributed by atoms with E-state index in [0.717, 1.165) is 11.8 Å². The van der Waals surface area contributed by atoms with Crippen molar-refractivity contribution >= 4 is 18.7 Å². The third kappa shape index (κ3) is 4.45. The second-order valence-electron chi connectivity index (χ2n) is 5.85. The Kier molecular flexibility index (Phi) is 4.69. The normalized spacial score (nSPS) is 33.4. The number of hydrogen-bond donors (Lipinski definition) is 0. The molecule has 0 bridgehead atoms. The second-order valence-corrected chi connectivity index (χ2v) is 11.5. The van der Waals surface area contributed by atoms with Crippen LogP contribution in [-0.4, -0.2) is 13.7 Å². The minimum atomic E-state index is -1.89. The lowest BCUT2D eigenvalue weighted by Crippen LogP contribution is -2.40. The molecule has 0 N–H and O–H groups in total. The molecule has 0 aliphatic heterocycles. The molecule has 1 rings (SSSR count). The first-order valence-corrected chi connectivity index (χ1v) is 10.1. The molecule has 0 aromatic heterocycles. The molecule has 1 nitrogen and oxygen atoms in total. The first kappa shape index (κ1) is 13.5. The summed E-state index contributed by atoms with van der Waals surface area (Å²) in [4.78, 5) is 0. The first-order valence-electron chi connectivity index (χ1n) is 6.16. The lowest BCUT2D eigenvalue weighted by Gasteiger charge is -2.39. The summed E-state index contributed by atoms with van der Waals surface area (Å²) in [5.74, 6) is 2.24. The maximum Gasteiger partial charge on any atom is 0.284 e. The van der Waals surface area contributed by atoms with E-state index in [-0.39, 0.29) is 0 Å². The van der Waals surface area contributed by atoms with Crippen LogP contribution in [0.25, 0.3) is 0 Å². The predicted molar refractivity (Wildman–Crippen MR) is 69.6 cm³/mol. The standard InChI is InChI=1S/C12H25ClOSi/c1-9(2)11-7-6-10(3)8-12(11)14-15(4,5)13/h9-12H,6-8H2,1-5H3. The Morgan fingerprint density at radius 1 is 1.27 bits per heavy atom. The molecular formula is C12H25ClOSi. The van der Waals surface area contributed by atoms with Crippen LogP contribution in [0.4, 0.5) is 0 Å². The van der Waals surface area contributed by atoms with Crippen molar-refractivity contribution in [1.29, 1.82) is 0 Å². The highest BCUT2D eigenvalue weighted by molar-refractivity contribution is 7.15. The zero-order valence-electron chi connectivity index (χ0n) is 10.7. The van der Waals surface area contributed by atoms with Crippen molar-refractivity contribution in [1.82, 2.24) is 0 Å². The van der Waals surface area contributed by atoms with Crippen LogP contribution in [0, 0.1) is 17.8 Å². The fourth-order valence-electron chi connectivity index (χ4n) is 2.61. The van der Waals surface area contributed by atoms with E-state index in [1.165, 1.54) is 19.3 Å². The molecule has 1 aliphatic rings. The monoisotopic (exact) mass is 248 g/mol. The van der Waals surface area contributed by atoms with Crippen molar-refractivity contribution in [3.63, 3.8) is 0 Å². The Labute approximate surface area is 100 Å². The van der Waals surface area contributed by atoms with Gasteiger partial charge in [0.1, 0.15) is 0 Å². The zero-order valence-corrected chi connectivity index (χ0v) is 12.5. The molecule has 15 heavy (non-hydrogen) atoms. The van der Waals surface area contributed by atoms with Gasteiger partial charge in [0.15, 0.2) is 0 Å². The van der Waals surface area contributed by atoms with Crippen molar-refractivity contribution in [2.75, 3.05) is 0 Å². The topological polar surface area (TPSA) is 9.23 Å². The first-order chi connectivity index (χ1) is 6.79. The fourth-order valence-corrected chi connectivity index (χ4v) is 3.94. The van der Waals surface area contributed by atoms with Gasteiger partial charge in [-0.2, -0.15) is 0 Å². The molecule has 1 fully saturated rings. The number of hydrogen-bond acceptors (Lipinski definition) is 1. The van der Waals surface area contributed by atoms with Crippen molar-refractivity contribution in [2.45, 2.75) is 59.2 Å². The average molecular weight is 249 g/mol. The van der Waals surface area contributed by atoms with Gasteiger partial charge in [-0.25, -0.2) is 0 Å². The van der Waals surface area contributed by atoms with Crippen LogP contribution in [0.5, 0.6) is 0 Å². The minimum absolute atomic E-state index is 0.410. The van der Waals surface area contributed by atoms with E-state index in [1.54, 1.807) is 0 Å². The molecule has 0 saturated heterocycles. The maximum atomic E-state index is 6.30. The Hall–Kier alpha value is 0.467. The third-order valence-electron chi connectivity index (χ3n) is 3.39. The van der Waals surface area contributed by atoms with Gasteiger partial charge in [0.25, 0.3) is 7.63 Å². The molecule has 0 heterocycles. The lowest BCUT2D eigenvalue weighted by molar-refractivity contribution is 0.0432. The summed E-state index contributed by atoms with van der Waals surface area (Å²) in [5.41, 5.74) is 0. The maximum absolute atomic E-state index is 6.30. The Bertz CT molecular complexity index is 200. The predicted octanol–water partition coefficient (Wildman–Crippen LogP) is 4.40. The SMILES string of the molecule is CC1CCC(C(C)C)C(O[Si](C)(C)Cl)C1. The highest BCUT2D eigenvalue weighted by Gasteiger charge is 2.35. The van der Waals surface area contributed by atoms with Gasteiger partial charge in [-0.1, -0.05) is 27.2 Å². The van der Waals surface area contributed by atoms with E-state index < -0.39 is 7.63 Å². The summed E-state index contributed by atoms with van der Waals surface area (Å²) in [6.07, 6.45) is 4.28. The molecule has 3 atom stereocenters. The fraction of sp³-hybridized carbons (Fsp3) is 1.00. The minimum Gasteiger partial charge on any atom is -0.400 e. The summed E-state index contributed by atoms with van der Waals surface area (Å²) in [6, 6.07) is 0. The van der Waals surface area contributed by atoms with Crippen LogP contribution in [0.3, 0.4) is 0 Å².